The van der Waals surface area contributed by atoms with Crippen LogP contribution in [-0.2, 0) is 11.4 Å². The molecule has 3 aromatic rings. The van der Waals surface area contributed by atoms with Gasteiger partial charge in [0.25, 0.3) is 5.91 Å². The Kier molecular flexibility index (Phi) is 6.23. The van der Waals surface area contributed by atoms with E-state index >= 15 is 0 Å². The Balaban J connectivity index is 1.53. The van der Waals surface area contributed by atoms with E-state index < -0.39 is 0 Å². The topological polar surface area (TPSA) is 47.6 Å². The van der Waals surface area contributed by atoms with Gasteiger partial charge in [-0.2, -0.15) is 0 Å². The van der Waals surface area contributed by atoms with Gasteiger partial charge in [0.2, 0.25) is 0 Å². The van der Waals surface area contributed by atoms with Crippen molar-refractivity contribution in [1.82, 2.24) is 0 Å². The SMILES string of the molecule is COc1cc(/C=C2/Sc3ccccc3NC2=O)ccc1OCc1ccc(Cl)cc1Cl. The summed E-state index contributed by atoms with van der Waals surface area (Å²) in [5.41, 5.74) is 2.48. The van der Waals surface area contributed by atoms with Gasteiger partial charge in [-0.25, -0.2) is 0 Å². The summed E-state index contributed by atoms with van der Waals surface area (Å²) in [5.74, 6) is 1.02. The normalized spacial score (nSPS) is 14.2. The van der Waals surface area contributed by atoms with Crippen LogP contribution < -0.4 is 14.8 Å². The van der Waals surface area contributed by atoms with Gasteiger partial charge in [0.05, 0.1) is 17.7 Å². The minimum Gasteiger partial charge on any atom is -0.493 e. The molecule has 0 unspecified atom stereocenters. The zero-order chi connectivity index (χ0) is 21.1. The number of rotatable bonds is 5. The van der Waals surface area contributed by atoms with Gasteiger partial charge in [-0.15, -0.1) is 0 Å². The first-order valence-corrected chi connectivity index (χ1v) is 10.7. The first kappa shape index (κ1) is 20.7. The number of carbonyl (C=O) groups excluding carboxylic acids is 1. The van der Waals surface area contributed by atoms with Gasteiger partial charge in [-0.1, -0.05) is 59.2 Å². The first-order valence-electron chi connectivity index (χ1n) is 9.08. The van der Waals surface area contributed by atoms with Crippen LogP contribution >= 0.6 is 35.0 Å². The Hall–Kier alpha value is -2.60. The lowest BCUT2D eigenvalue weighted by Gasteiger charge is -2.18. The Morgan fingerprint density at radius 1 is 1.03 bits per heavy atom. The Morgan fingerprint density at radius 2 is 1.87 bits per heavy atom. The predicted molar refractivity (Wildman–Crippen MR) is 123 cm³/mol. The fourth-order valence-electron chi connectivity index (χ4n) is 2.94. The third-order valence-corrected chi connectivity index (χ3v) is 6.15. The second-order valence-corrected chi connectivity index (χ2v) is 8.42. The van der Waals surface area contributed by atoms with Crippen molar-refractivity contribution >= 4 is 52.6 Å². The Labute approximate surface area is 188 Å². The van der Waals surface area contributed by atoms with Crippen molar-refractivity contribution in [2.24, 2.45) is 0 Å². The fraction of sp³-hybridized carbons (Fsp3) is 0.0870. The van der Waals surface area contributed by atoms with Crippen molar-refractivity contribution in [2.75, 3.05) is 12.4 Å². The van der Waals surface area contributed by atoms with E-state index in [-0.39, 0.29) is 12.5 Å². The number of hydrogen-bond acceptors (Lipinski definition) is 4. The number of methoxy groups -OCH3 is 1. The summed E-state index contributed by atoms with van der Waals surface area (Å²) in [5, 5.41) is 4.03. The van der Waals surface area contributed by atoms with Crippen molar-refractivity contribution in [2.45, 2.75) is 11.5 Å². The largest absolute Gasteiger partial charge is 0.493 e. The molecule has 0 spiro atoms. The summed E-state index contributed by atoms with van der Waals surface area (Å²) in [7, 11) is 1.58. The van der Waals surface area contributed by atoms with Gasteiger partial charge in [-0.05, 0) is 48.0 Å². The van der Waals surface area contributed by atoms with Gasteiger partial charge in [0.1, 0.15) is 6.61 Å². The maximum absolute atomic E-state index is 12.4. The van der Waals surface area contributed by atoms with Crippen LogP contribution in [0.1, 0.15) is 11.1 Å². The van der Waals surface area contributed by atoms with Crippen LogP contribution in [0.3, 0.4) is 0 Å². The van der Waals surface area contributed by atoms with Gasteiger partial charge >= 0.3 is 0 Å². The highest BCUT2D eigenvalue weighted by Gasteiger charge is 2.20. The lowest BCUT2D eigenvalue weighted by molar-refractivity contribution is -0.112. The first-order chi connectivity index (χ1) is 14.5. The van der Waals surface area contributed by atoms with E-state index in [1.165, 1.54) is 11.8 Å². The molecule has 30 heavy (non-hydrogen) atoms. The molecule has 1 aliphatic heterocycles. The van der Waals surface area contributed by atoms with E-state index in [1.807, 2.05) is 54.6 Å². The number of fused-ring (bicyclic) bond motifs is 1. The van der Waals surface area contributed by atoms with Crippen LogP contribution in [-0.4, -0.2) is 13.0 Å². The molecule has 4 rings (SSSR count). The highest BCUT2D eigenvalue weighted by molar-refractivity contribution is 8.04. The summed E-state index contributed by atoms with van der Waals surface area (Å²) < 4.78 is 11.4. The number of benzene rings is 3. The summed E-state index contributed by atoms with van der Waals surface area (Å²) >= 11 is 13.6. The number of para-hydroxylation sites is 1. The molecule has 152 valence electrons. The zero-order valence-electron chi connectivity index (χ0n) is 15.9. The Bertz CT molecular complexity index is 1150. The van der Waals surface area contributed by atoms with Gasteiger partial charge in [0.15, 0.2) is 11.5 Å². The van der Waals surface area contributed by atoms with Crippen molar-refractivity contribution in [3.8, 4) is 11.5 Å². The predicted octanol–water partition coefficient (Wildman–Crippen LogP) is 6.67. The second kappa shape index (κ2) is 9.04. The number of ether oxygens (including phenoxy) is 2. The maximum atomic E-state index is 12.4. The lowest BCUT2D eigenvalue weighted by atomic mass is 10.1. The molecule has 1 heterocycles. The van der Waals surface area contributed by atoms with Gasteiger partial charge < -0.3 is 14.8 Å². The molecule has 0 radical (unpaired) electrons. The smallest absolute Gasteiger partial charge is 0.262 e. The van der Waals surface area contributed by atoms with Crippen LogP contribution in [0.5, 0.6) is 11.5 Å². The van der Waals surface area contributed by atoms with Crippen LogP contribution in [0.2, 0.25) is 10.0 Å². The molecule has 0 saturated heterocycles. The summed E-state index contributed by atoms with van der Waals surface area (Å²) in [6.07, 6.45) is 1.83. The third kappa shape index (κ3) is 4.59. The molecule has 1 N–H and O–H groups in total. The molecule has 0 bridgehead atoms. The zero-order valence-corrected chi connectivity index (χ0v) is 18.3. The van der Waals surface area contributed by atoms with Crippen LogP contribution in [0.4, 0.5) is 5.69 Å². The third-order valence-electron chi connectivity index (χ3n) is 4.46. The monoisotopic (exact) mass is 457 g/mol. The number of nitrogens with one attached hydrogen (secondary N) is 1. The number of hydrogen-bond donors (Lipinski definition) is 1. The van der Waals surface area contributed by atoms with E-state index in [0.29, 0.717) is 26.4 Å². The van der Waals surface area contributed by atoms with E-state index in [9.17, 15) is 4.79 Å². The Morgan fingerprint density at radius 3 is 2.67 bits per heavy atom. The van der Waals surface area contributed by atoms with Crippen molar-refractivity contribution in [3.05, 3.63) is 86.7 Å². The molecule has 0 aliphatic carbocycles. The van der Waals surface area contributed by atoms with E-state index in [4.69, 9.17) is 32.7 Å². The molecule has 0 aromatic heterocycles. The minimum absolute atomic E-state index is 0.129. The molecule has 1 amide bonds. The second-order valence-electron chi connectivity index (χ2n) is 6.50. The average Bonchev–Trinajstić information content (AvgIpc) is 2.74. The molecular formula is C23H17Cl2NO3S. The quantitative estimate of drug-likeness (QED) is 0.434. The fourth-order valence-corrected chi connectivity index (χ4v) is 4.36. The van der Waals surface area contributed by atoms with Crippen LogP contribution in [0.15, 0.2) is 70.5 Å². The van der Waals surface area contributed by atoms with E-state index in [1.54, 1.807) is 19.2 Å². The molecule has 4 nitrogen and oxygen atoms in total. The van der Waals surface area contributed by atoms with Gasteiger partial charge in [0, 0.05) is 20.5 Å². The van der Waals surface area contributed by atoms with Crippen LogP contribution in [0, 0.1) is 0 Å². The highest BCUT2D eigenvalue weighted by Crippen LogP contribution is 2.39. The number of carbonyl (C=O) groups is 1. The standard InChI is InChI=1S/C23H17Cl2NO3S/c1-28-20-10-14(11-22-23(27)26-18-4-2-3-5-21(18)30-22)6-9-19(20)29-13-15-7-8-16(24)12-17(15)25/h2-12H,13H2,1H3,(H,26,27)/b22-11+. The molecule has 0 atom stereocenters. The van der Waals surface area contributed by atoms with Crippen LogP contribution in [0.25, 0.3) is 6.08 Å². The summed E-state index contributed by atoms with van der Waals surface area (Å²) in [6.45, 7) is 0.280. The van der Waals surface area contributed by atoms with Crippen molar-refractivity contribution in [1.29, 1.82) is 0 Å². The minimum atomic E-state index is -0.129. The number of anilines is 1. The number of amides is 1. The molecular weight excluding hydrogens is 441 g/mol. The summed E-state index contributed by atoms with van der Waals surface area (Å²) in [6, 6.07) is 18.5. The highest BCUT2D eigenvalue weighted by atomic mass is 35.5. The molecule has 0 saturated carbocycles. The van der Waals surface area contributed by atoms with E-state index in [0.717, 1.165) is 21.7 Å². The molecule has 7 heteroatoms. The van der Waals surface area contributed by atoms with Gasteiger partial charge in [-0.3, -0.25) is 4.79 Å². The maximum Gasteiger partial charge on any atom is 0.262 e. The number of thioether (sulfide) groups is 1. The van der Waals surface area contributed by atoms with Crippen molar-refractivity contribution in [3.63, 3.8) is 0 Å². The lowest BCUT2D eigenvalue weighted by Crippen LogP contribution is -2.17. The number of halogens is 2. The molecule has 0 fully saturated rings. The molecule has 1 aliphatic rings. The van der Waals surface area contributed by atoms with Crippen molar-refractivity contribution < 1.29 is 14.3 Å². The molecule has 3 aromatic carbocycles. The van der Waals surface area contributed by atoms with E-state index in [2.05, 4.69) is 5.32 Å². The summed E-state index contributed by atoms with van der Waals surface area (Å²) in [4.78, 5) is 14.0. The average molecular weight is 458 g/mol.